The van der Waals surface area contributed by atoms with Crippen molar-refractivity contribution in [1.82, 2.24) is 5.32 Å². The Kier molecular flexibility index (Phi) is 6.28. The van der Waals surface area contributed by atoms with Crippen molar-refractivity contribution in [2.45, 2.75) is 58.5 Å². The van der Waals surface area contributed by atoms with Crippen molar-refractivity contribution in [3.63, 3.8) is 0 Å². The van der Waals surface area contributed by atoms with Gasteiger partial charge in [-0.15, -0.1) is 0 Å². The summed E-state index contributed by atoms with van der Waals surface area (Å²) in [5.41, 5.74) is -0.774. The van der Waals surface area contributed by atoms with Crippen LogP contribution in [-0.2, 0) is 14.3 Å². The molecule has 5 heteroatoms. The van der Waals surface area contributed by atoms with E-state index >= 15 is 0 Å². The SMILES string of the molecule is CCC(C)OCC(=O)NCC1(C(=O)O)CCCCC1. The van der Waals surface area contributed by atoms with E-state index < -0.39 is 11.4 Å². The molecule has 0 aromatic carbocycles. The summed E-state index contributed by atoms with van der Waals surface area (Å²) < 4.78 is 5.33. The molecule has 5 nitrogen and oxygen atoms in total. The largest absolute Gasteiger partial charge is 0.481 e. The zero-order valence-electron chi connectivity index (χ0n) is 11.9. The third-order valence-corrected chi connectivity index (χ3v) is 3.96. The van der Waals surface area contributed by atoms with Gasteiger partial charge >= 0.3 is 5.97 Å². The van der Waals surface area contributed by atoms with Crippen LogP contribution in [0.25, 0.3) is 0 Å². The Morgan fingerprint density at radius 1 is 1.32 bits per heavy atom. The first-order chi connectivity index (χ1) is 9.00. The number of nitrogens with one attached hydrogen (secondary N) is 1. The molecule has 0 aromatic rings. The minimum atomic E-state index is -0.796. The second-order valence-electron chi connectivity index (χ2n) is 5.45. The molecule has 0 aromatic heterocycles. The topological polar surface area (TPSA) is 75.6 Å². The van der Waals surface area contributed by atoms with Crippen LogP contribution in [0.15, 0.2) is 0 Å². The van der Waals surface area contributed by atoms with Gasteiger partial charge in [0.05, 0.1) is 11.5 Å². The van der Waals surface area contributed by atoms with Crippen LogP contribution in [0.5, 0.6) is 0 Å². The van der Waals surface area contributed by atoms with Crippen LogP contribution in [-0.4, -0.2) is 36.2 Å². The van der Waals surface area contributed by atoms with Crippen molar-refractivity contribution < 1.29 is 19.4 Å². The van der Waals surface area contributed by atoms with Crippen molar-refractivity contribution >= 4 is 11.9 Å². The number of carbonyl (C=O) groups is 2. The molecule has 1 fully saturated rings. The summed E-state index contributed by atoms with van der Waals surface area (Å²) in [7, 11) is 0. The van der Waals surface area contributed by atoms with Gasteiger partial charge in [0.15, 0.2) is 0 Å². The first kappa shape index (κ1) is 16.0. The Balaban J connectivity index is 2.39. The number of carboxylic acid groups (broad SMARTS) is 1. The number of rotatable bonds is 7. The molecule has 110 valence electrons. The zero-order chi connectivity index (χ0) is 14.3. The summed E-state index contributed by atoms with van der Waals surface area (Å²) in [4.78, 5) is 23.1. The predicted molar refractivity (Wildman–Crippen MR) is 71.9 cm³/mol. The van der Waals surface area contributed by atoms with Crippen molar-refractivity contribution in [2.24, 2.45) is 5.41 Å². The smallest absolute Gasteiger partial charge is 0.311 e. The first-order valence-corrected chi connectivity index (χ1v) is 7.12. The molecule has 1 saturated carbocycles. The first-order valence-electron chi connectivity index (χ1n) is 7.12. The van der Waals surface area contributed by atoms with Crippen LogP contribution in [0.3, 0.4) is 0 Å². The normalized spacial score (nSPS) is 19.7. The third kappa shape index (κ3) is 4.82. The van der Waals surface area contributed by atoms with E-state index in [1.807, 2.05) is 13.8 Å². The van der Waals surface area contributed by atoms with E-state index in [0.29, 0.717) is 12.8 Å². The van der Waals surface area contributed by atoms with Gasteiger partial charge in [-0.3, -0.25) is 9.59 Å². The molecular weight excluding hydrogens is 246 g/mol. The summed E-state index contributed by atoms with van der Waals surface area (Å²) >= 11 is 0. The van der Waals surface area contributed by atoms with E-state index in [1.165, 1.54) is 0 Å². The Bertz CT molecular complexity index is 311. The van der Waals surface area contributed by atoms with Gasteiger partial charge in [-0.05, 0) is 26.2 Å². The second kappa shape index (κ2) is 7.48. The fraction of sp³-hybridized carbons (Fsp3) is 0.857. The van der Waals surface area contributed by atoms with E-state index in [4.69, 9.17) is 4.74 Å². The summed E-state index contributed by atoms with van der Waals surface area (Å²) in [6.07, 6.45) is 5.13. The van der Waals surface area contributed by atoms with Crippen LogP contribution in [0.4, 0.5) is 0 Å². The van der Waals surface area contributed by atoms with Crippen molar-refractivity contribution in [2.75, 3.05) is 13.2 Å². The molecule has 2 N–H and O–H groups in total. The number of amides is 1. The zero-order valence-corrected chi connectivity index (χ0v) is 11.9. The Labute approximate surface area is 114 Å². The highest BCUT2D eigenvalue weighted by molar-refractivity contribution is 5.79. The lowest BCUT2D eigenvalue weighted by atomic mass is 9.74. The molecule has 1 aliphatic rings. The Morgan fingerprint density at radius 3 is 2.47 bits per heavy atom. The highest BCUT2D eigenvalue weighted by atomic mass is 16.5. The average Bonchev–Trinajstić information content (AvgIpc) is 2.43. The van der Waals surface area contributed by atoms with Gasteiger partial charge in [0.25, 0.3) is 0 Å². The average molecular weight is 271 g/mol. The maximum atomic E-state index is 11.6. The molecule has 0 saturated heterocycles. The van der Waals surface area contributed by atoms with Crippen molar-refractivity contribution in [1.29, 1.82) is 0 Å². The maximum absolute atomic E-state index is 11.6. The minimum Gasteiger partial charge on any atom is -0.481 e. The van der Waals surface area contributed by atoms with Crippen LogP contribution in [0.1, 0.15) is 52.4 Å². The number of carboxylic acids is 1. The molecule has 0 bridgehead atoms. The Morgan fingerprint density at radius 2 is 1.95 bits per heavy atom. The van der Waals surface area contributed by atoms with Gasteiger partial charge in [0, 0.05) is 6.54 Å². The van der Waals surface area contributed by atoms with Gasteiger partial charge in [-0.1, -0.05) is 26.2 Å². The van der Waals surface area contributed by atoms with Crippen LogP contribution >= 0.6 is 0 Å². The lowest BCUT2D eigenvalue weighted by Gasteiger charge is -2.33. The van der Waals surface area contributed by atoms with E-state index in [9.17, 15) is 14.7 Å². The van der Waals surface area contributed by atoms with Gasteiger partial charge < -0.3 is 15.2 Å². The fourth-order valence-corrected chi connectivity index (χ4v) is 2.35. The van der Waals surface area contributed by atoms with E-state index in [2.05, 4.69) is 5.32 Å². The molecule has 0 spiro atoms. The van der Waals surface area contributed by atoms with Gasteiger partial charge in [-0.2, -0.15) is 0 Å². The minimum absolute atomic E-state index is 0.00467. The standard InChI is InChI=1S/C14H25NO4/c1-3-11(2)19-9-12(16)15-10-14(13(17)18)7-5-4-6-8-14/h11H,3-10H2,1-2H3,(H,15,16)(H,17,18). The number of hydrogen-bond acceptors (Lipinski definition) is 3. The second-order valence-corrected chi connectivity index (χ2v) is 5.45. The summed E-state index contributed by atoms with van der Waals surface area (Å²) in [5.74, 6) is -1.03. The summed E-state index contributed by atoms with van der Waals surface area (Å²) in [6.45, 7) is 4.12. The molecule has 1 atom stereocenters. The van der Waals surface area contributed by atoms with Gasteiger partial charge in [-0.25, -0.2) is 0 Å². The maximum Gasteiger partial charge on any atom is 0.311 e. The van der Waals surface area contributed by atoms with Crippen LogP contribution in [0, 0.1) is 5.41 Å². The molecule has 1 rings (SSSR count). The number of aliphatic carboxylic acids is 1. The third-order valence-electron chi connectivity index (χ3n) is 3.96. The molecule has 1 unspecified atom stereocenters. The van der Waals surface area contributed by atoms with Crippen molar-refractivity contribution in [3.05, 3.63) is 0 Å². The molecule has 1 amide bonds. The molecule has 1 aliphatic carbocycles. The molecular formula is C14H25NO4. The molecule has 0 aliphatic heterocycles. The van der Waals surface area contributed by atoms with Crippen LogP contribution in [0.2, 0.25) is 0 Å². The van der Waals surface area contributed by atoms with E-state index in [0.717, 1.165) is 25.7 Å². The van der Waals surface area contributed by atoms with Gasteiger partial charge in [0.1, 0.15) is 6.61 Å². The lowest BCUT2D eigenvalue weighted by molar-refractivity contribution is -0.151. The van der Waals surface area contributed by atoms with Gasteiger partial charge in [0.2, 0.25) is 5.91 Å². The summed E-state index contributed by atoms with van der Waals surface area (Å²) in [5, 5.41) is 12.1. The van der Waals surface area contributed by atoms with E-state index in [-0.39, 0.29) is 25.2 Å². The lowest BCUT2D eigenvalue weighted by Crippen LogP contribution is -2.45. The highest BCUT2D eigenvalue weighted by Crippen LogP contribution is 2.35. The quantitative estimate of drug-likeness (QED) is 0.742. The molecule has 0 heterocycles. The van der Waals surface area contributed by atoms with Crippen molar-refractivity contribution in [3.8, 4) is 0 Å². The molecule has 19 heavy (non-hydrogen) atoms. The summed E-state index contributed by atoms with van der Waals surface area (Å²) in [6, 6.07) is 0. The predicted octanol–water partition coefficient (Wildman–Crippen LogP) is 1.95. The molecule has 0 radical (unpaired) electrons. The number of carbonyl (C=O) groups excluding carboxylic acids is 1. The van der Waals surface area contributed by atoms with Crippen LogP contribution < -0.4 is 5.32 Å². The highest BCUT2D eigenvalue weighted by Gasteiger charge is 2.39. The number of hydrogen-bond donors (Lipinski definition) is 2. The Hall–Kier alpha value is -1.10. The monoisotopic (exact) mass is 271 g/mol. The fourth-order valence-electron chi connectivity index (χ4n) is 2.35. The van der Waals surface area contributed by atoms with E-state index in [1.54, 1.807) is 0 Å². The number of ether oxygens (including phenoxy) is 1.